The summed E-state index contributed by atoms with van der Waals surface area (Å²) in [6, 6.07) is 0. The highest BCUT2D eigenvalue weighted by Crippen LogP contribution is 2.45. The highest BCUT2D eigenvalue weighted by molar-refractivity contribution is 7.47. The van der Waals surface area contributed by atoms with E-state index in [9.17, 15) is 43.2 Å². The molecule has 88 heavy (non-hydrogen) atoms. The number of hydrogen-bond donors (Lipinski definition) is 3. The maximum atomic E-state index is 13.0. The van der Waals surface area contributed by atoms with E-state index in [4.69, 9.17) is 37.0 Å². The van der Waals surface area contributed by atoms with Gasteiger partial charge in [0.2, 0.25) is 0 Å². The minimum Gasteiger partial charge on any atom is -0.462 e. The minimum atomic E-state index is -4.95. The first kappa shape index (κ1) is 86.1. The number of hydrogen-bond acceptors (Lipinski definition) is 15. The van der Waals surface area contributed by atoms with Crippen LogP contribution in [0.2, 0.25) is 0 Å². The maximum Gasteiger partial charge on any atom is 0.472 e. The monoisotopic (exact) mass is 1300 g/mol. The van der Waals surface area contributed by atoms with Gasteiger partial charge in [0.1, 0.15) is 19.3 Å². The summed E-state index contributed by atoms with van der Waals surface area (Å²) in [6.45, 7) is 11.7. The highest BCUT2D eigenvalue weighted by atomic mass is 31.2. The van der Waals surface area contributed by atoms with Gasteiger partial charge in [-0.3, -0.25) is 37.3 Å². The molecule has 19 heteroatoms. The second-order valence-corrected chi connectivity index (χ2v) is 29.0. The van der Waals surface area contributed by atoms with E-state index < -0.39 is 97.5 Å². The summed E-state index contributed by atoms with van der Waals surface area (Å²) in [6.07, 6.45) is 43.1. The predicted molar refractivity (Wildman–Crippen MR) is 354 cm³/mol. The number of phosphoric acid groups is 2. The SMILES string of the molecule is CCCCCCCCCCCCCCCCC(=O)OC[C@H](COP(=O)(O)OC[C@@H](O)COP(=O)(O)OC[C@@H](COC(=O)CCCCCCCCC(C)CC)OC(=O)CCCCCCCCCC(C)C)OC(=O)CCCCCCCCCCCCCC(C)C. The van der Waals surface area contributed by atoms with Crippen molar-refractivity contribution < 1.29 is 80.2 Å². The van der Waals surface area contributed by atoms with Crippen molar-refractivity contribution in [2.24, 2.45) is 17.8 Å². The molecule has 0 aliphatic rings. The summed E-state index contributed by atoms with van der Waals surface area (Å²) in [4.78, 5) is 72.5. The Bertz CT molecular complexity index is 1730. The molecule has 0 heterocycles. The maximum absolute atomic E-state index is 13.0. The Morgan fingerprint density at radius 2 is 0.580 bits per heavy atom. The summed E-state index contributed by atoms with van der Waals surface area (Å²) >= 11 is 0. The molecule has 0 aromatic carbocycles. The van der Waals surface area contributed by atoms with Gasteiger partial charge in [0.15, 0.2) is 12.2 Å². The van der Waals surface area contributed by atoms with Gasteiger partial charge in [-0.1, -0.05) is 292 Å². The summed E-state index contributed by atoms with van der Waals surface area (Å²) < 4.78 is 68.2. The first-order chi connectivity index (χ1) is 42.3. The van der Waals surface area contributed by atoms with Gasteiger partial charge >= 0.3 is 39.5 Å². The van der Waals surface area contributed by atoms with E-state index in [2.05, 4.69) is 48.5 Å². The molecule has 0 aliphatic heterocycles. The van der Waals surface area contributed by atoms with Crippen LogP contribution in [0.1, 0.15) is 344 Å². The molecule has 0 rings (SSSR count). The highest BCUT2D eigenvalue weighted by Gasteiger charge is 2.30. The van der Waals surface area contributed by atoms with Crippen molar-refractivity contribution in [3.8, 4) is 0 Å². The third-order valence-electron chi connectivity index (χ3n) is 16.2. The van der Waals surface area contributed by atoms with Crippen LogP contribution in [0.3, 0.4) is 0 Å². The molecule has 0 radical (unpaired) electrons. The Hall–Kier alpha value is -1.94. The van der Waals surface area contributed by atoms with Crippen LogP contribution in [0.25, 0.3) is 0 Å². The number of unbranched alkanes of at least 4 members (excludes halogenated alkanes) is 34. The molecule has 0 aromatic heterocycles. The fourth-order valence-corrected chi connectivity index (χ4v) is 11.9. The molecular formula is C69H134O17P2. The van der Waals surface area contributed by atoms with E-state index in [1.165, 1.54) is 148 Å². The van der Waals surface area contributed by atoms with E-state index in [1.54, 1.807) is 0 Å². The van der Waals surface area contributed by atoms with Gasteiger partial charge in [-0.25, -0.2) is 9.13 Å². The Balaban J connectivity index is 5.25. The molecule has 522 valence electrons. The van der Waals surface area contributed by atoms with Crippen molar-refractivity contribution in [2.45, 2.75) is 362 Å². The minimum absolute atomic E-state index is 0.102. The van der Waals surface area contributed by atoms with Crippen molar-refractivity contribution in [3.05, 3.63) is 0 Å². The molecule has 0 spiro atoms. The summed E-state index contributed by atoms with van der Waals surface area (Å²) in [5.41, 5.74) is 0. The Morgan fingerprint density at radius 1 is 0.330 bits per heavy atom. The van der Waals surface area contributed by atoms with Gasteiger partial charge in [-0.05, 0) is 43.4 Å². The van der Waals surface area contributed by atoms with E-state index in [1.807, 2.05) is 0 Å². The third-order valence-corrected chi connectivity index (χ3v) is 18.1. The number of aliphatic hydroxyl groups excluding tert-OH is 1. The zero-order chi connectivity index (χ0) is 65.2. The average Bonchev–Trinajstić information content (AvgIpc) is 3.63. The second kappa shape index (κ2) is 60.0. The number of ether oxygens (including phenoxy) is 4. The Kier molecular flexibility index (Phi) is 58.7. The Labute approximate surface area is 537 Å². The van der Waals surface area contributed by atoms with Crippen LogP contribution in [-0.4, -0.2) is 96.7 Å². The molecule has 0 saturated carbocycles. The Morgan fingerprint density at radius 3 is 0.864 bits per heavy atom. The number of carbonyl (C=O) groups excluding carboxylic acids is 4. The average molecular weight is 1300 g/mol. The van der Waals surface area contributed by atoms with E-state index in [-0.39, 0.29) is 25.7 Å². The number of rotatable bonds is 67. The molecule has 0 fully saturated rings. The zero-order valence-electron chi connectivity index (χ0n) is 57.2. The van der Waals surface area contributed by atoms with Crippen LogP contribution < -0.4 is 0 Å². The van der Waals surface area contributed by atoms with Crippen molar-refractivity contribution >= 4 is 39.5 Å². The van der Waals surface area contributed by atoms with Crippen molar-refractivity contribution in [2.75, 3.05) is 39.6 Å². The van der Waals surface area contributed by atoms with Crippen LogP contribution in [0, 0.1) is 17.8 Å². The summed E-state index contributed by atoms with van der Waals surface area (Å²) in [5.74, 6) is 0.0618. The number of esters is 4. The van der Waals surface area contributed by atoms with E-state index >= 15 is 0 Å². The van der Waals surface area contributed by atoms with Gasteiger partial charge in [-0.2, -0.15) is 0 Å². The zero-order valence-corrected chi connectivity index (χ0v) is 59.0. The lowest BCUT2D eigenvalue weighted by Crippen LogP contribution is -2.30. The molecular weight excluding hydrogens is 1160 g/mol. The molecule has 0 saturated heterocycles. The first-order valence-corrected chi connectivity index (χ1v) is 38.9. The lowest BCUT2D eigenvalue weighted by atomic mass is 10.00. The lowest BCUT2D eigenvalue weighted by molar-refractivity contribution is -0.161. The van der Waals surface area contributed by atoms with Crippen molar-refractivity contribution in [1.29, 1.82) is 0 Å². The van der Waals surface area contributed by atoms with Gasteiger partial charge in [0, 0.05) is 25.7 Å². The van der Waals surface area contributed by atoms with Crippen molar-refractivity contribution in [1.82, 2.24) is 0 Å². The summed E-state index contributed by atoms with van der Waals surface area (Å²) in [7, 11) is -9.90. The van der Waals surface area contributed by atoms with Crippen LogP contribution in [0.4, 0.5) is 0 Å². The molecule has 0 bridgehead atoms. The van der Waals surface area contributed by atoms with Crippen molar-refractivity contribution in [3.63, 3.8) is 0 Å². The quantitative estimate of drug-likeness (QED) is 0.0222. The number of carbonyl (C=O) groups is 4. The molecule has 3 N–H and O–H groups in total. The largest absolute Gasteiger partial charge is 0.472 e. The molecule has 0 aliphatic carbocycles. The first-order valence-electron chi connectivity index (χ1n) is 35.9. The fraction of sp³-hybridized carbons (Fsp3) is 0.942. The normalized spacial score (nSPS) is 14.5. The van der Waals surface area contributed by atoms with E-state index in [0.29, 0.717) is 31.6 Å². The summed E-state index contributed by atoms with van der Waals surface area (Å²) in [5, 5.41) is 10.6. The predicted octanol–water partition coefficient (Wildman–Crippen LogP) is 19.5. The van der Waals surface area contributed by atoms with Gasteiger partial charge in [-0.15, -0.1) is 0 Å². The molecule has 0 amide bonds. The topological polar surface area (TPSA) is 237 Å². The smallest absolute Gasteiger partial charge is 0.462 e. The third kappa shape index (κ3) is 61.6. The lowest BCUT2D eigenvalue weighted by Gasteiger charge is -2.21. The number of phosphoric ester groups is 2. The van der Waals surface area contributed by atoms with Crippen LogP contribution in [-0.2, 0) is 65.4 Å². The molecule has 6 atom stereocenters. The van der Waals surface area contributed by atoms with Crippen LogP contribution in [0.5, 0.6) is 0 Å². The van der Waals surface area contributed by atoms with Crippen LogP contribution >= 0.6 is 15.6 Å². The van der Waals surface area contributed by atoms with Crippen LogP contribution in [0.15, 0.2) is 0 Å². The standard InChI is InChI=1S/C69H134O17P2/c1-8-10-11-12-13-14-15-16-17-20-23-28-36-43-50-66(71)79-56-64(85-68(73)52-45-38-29-24-21-18-19-22-26-33-40-47-60(3)4)58-83-87(75,76)81-54-63(70)55-82-88(77,78)84-59-65(86-69(74)53-46-39-30-25-27-34-41-48-61(5)6)57-80-67(72)51-44-37-32-31-35-42-49-62(7)9-2/h60-65,70H,8-59H2,1-7H3,(H,75,76)(H,77,78)/t62?,63-,64-,65-/m1/s1. The number of aliphatic hydroxyl groups is 1. The van der Waals surface area contributed by atoms with Gasteiger partial charge in [0.05, 0.1) is 26.4 Å². The molecule has 17 nitrogen and oxygen atoms in total. The van der Waals surface area contributed by atoms with E-state index in [0.717, 1.165) is 108 Å². The fourth-order valence-electron chi connectivity index (χ4n) is 10.3. The van der Waals surface area contributed by atoms with Gasteiger partial charge < -0.3 is 33.8 Å². The van der Waals surface area contributed by atoms with Gasteiger partial charge in [0.25, 0.3) is 0 Å². The molecule has 3 unspecified atom stereocenters. The molecule has 0 aromatic rings. The second-order valence-electron chi connectivity index (χ2n) is 26.1.